The predicted octanol–water partition coefficient (Wildman–Crippen LogP) is 1.13. The number of likely N-dealkylation sites (tertiary alicyclic amines) is 1. The van der Waals surface area contributed by atoms with Gasteiger partial charge in [0.05, 0.1) is 5.69 Å². The molecule has 1 fully saturated rings. The number of hydrogen-bond acceptors (Lipinski definition) is 4. The maximum atomic E-state index is 11.9. The third kappa shape index (κ3) is 4.20. The average molecular weight is 328 g/mol. The maximum absolute atomic E-state index is 11.9. The van der Waals surface area contributed by atoms with Crippen molar-refractivity contribution >= 4 is 0 Å². The Morgan fingerprint density at radius 3 is 2.58 bits per heavy atom. The van der Waals surface area contributed by atoms with Gasteiger partial charge in [0.15, 0.2) is 0 Å². The van der Waals surface area contributed by atoms with Crippen molar-refractivity contribution in [2.75, 3.05) is 19.6 Å². The third-order valence-electron chi connectivity index (χ3n) is 4.69. The van der Waals surface area contributed by atoms with Crippen molar-refractivity contribution in [3.63, 3.8) is 0 Å². The summed E-state index contributed by atoms with van der Waals surface area (Å²) in [6.07, 6.45) is 3.96. The zero-order valence-corrected chi connectivity index (χ0v) is 14.1. The molecule has 3 rings (SSSR count). The standard InChI is InChI=1S/C18H24N4O2/c1-15-5-6-18(24)22(19-15)14-16-7-10-20(11-8-16)12-13-21-9-3-2-4-17(21)23/h2-6,9,16H,7-8,10-14H2,1H3. The molecule has 3 heterocycles. The van der Waals surface area contributed by atoms with E-state index in [0.29, 0.717) is 12.5 Å². The summed E-state index contributed by atoms with van der Waals surface area (Å²) in [4.78, 5) is 26.0. The summed E-state index contributed by atoms with van der Waals surface area (Å²) in [5, 5.41) is 4.32. The molecular weight excluding hydrogens is 304 g/mol. The largest absolute Gasteiger partial charge is 0.314 e. The van der Waals surface area contributed by atoms with E-state index in [1.165, 1.54) is 0 Å². The molecule has 0 N–H and O–H groups in total. The van der Waals surface area contributed by atoms with Crippen molar-refractivity contribution in [3.8, 4) is 0 Å². The summed E-state index contributed by atoms with van der Waals surface area (Å²) in [7, 11) is 0. The summed E-state index contributed by atoms with van der Waals surface area (Å²) in [6.45, 7) is 6.23. The fourth-order valence-corrected chi connectivity index (χ4v) is 3.21. The molecule has 0 bridgehead atoms. The van der Waals surface area contributed by atoms with E-state index >= 15 is 0 Å². The molecule has 0 amide bonds. The van der Waals surface area contributed by atoms with Gasteiger partial charge in [-0.25, -0.2) is 4.68 Å². The van der Waals surface area contributed by atoms with Crippen LogP contribution in [0.2, 0.25) is 0 Å². The van der Waals surface area contributed by atoms with Crippen molar-refractivity contribution < 1.29 is 0 Å². The number of aryl methyl sites for hydroxylation is 1. The Hall–Kier alpha value is -2.21. The van der Waals surface area contributed by atoms with E-state index in [9.17, 15) is 9.59 Å². The number of hydrogen-bond donors (Lipinski definition) is 0. The molecule has 24 heavy (non-hydrogen) atoms. The molecular formula is C18H24N4O2. The Balaban J connectivity index is 1.49. The topological polar surface area (TPSA) is 60.1 Å². The molecule has 0 aromatic carbocycles. The molecule has 0 spiro atoms. The minimum Gasteiger partial charge on any atom is -0.314 e. The Morgan fingerprint density at radius 2 is 1.83 bits per heavy atom. The molecule has 128 valence electrons. The van der Waals surface area contributed by atoms with Crippen LogP contribution < -0.4 is 11.1 Å². The summed E-state index contributed by atoms with van der Waals surface area (Å²) in [5.74, 6) is 0.493. The molecule has 1 aliphatic heterocycles. The second-order valence-electron chi connectivity index (χ2n) is 6.51. The Bertz CT molecular complexity index is 788. The van der Waals surface area contributed by atoms with Gasteiger partial charge in [-0.15, -0.1) is 0 Å². The number of rotatable bonds is 5. The van der Waals surface area contributed by atoms with Gasteiger partial charge in [-0.3, -0.25) is 9.59 Å². The van der Waals surface area contributed by atoms with E-state index in [2.05, 4.69) is 10.00 Å². The van der Waals surface area contributed by atoms with Crippen molar-refractivity contribution in [1.29, 1.82) is 0 Å². The van der Waals surface area contributed by atoms with E-state index < -0.39 is 0 Å². The molecule has 1 saturated heterocycles. The molecule has 0 saturated carbocycles. The molecule has 6 nitrogen and oxygen atoms in total. The lowest BCUT2D eigenvalue weighted by atomic mass is 9.97. The molecule has 2 aromatic rings. The second kappa shape index (κ2) is 7.57. The normalized spacial score (nSPS) is 16.4. The van der Waals surface area contributed by atoms with Gasteiger partial charge < -0.3 is 9.47 Å². The number of pyridine rings is 1. The van der Waals surface area contributed by atoms with Crippen LogP contribution in [0.1, 0.15) is 18.5 Å². The lowest BCUT2D eigenvalue weighted by Gasteiger charge is -2.32. The van der Waals surface area contributed by atoms with Crippen LogP contribution in [-0.4, -0.2) is 38.9 Å². The van der Waals surface area contributed by atoms with Gasteiger partial charge in [-0.05, 0) is 50.9 Å². The third-order valence-corrected chi connectivity index (χ3v) is 4.69. The first-order chi connectivity index (χ1) is 11.6. The van der Waals surface area contributed by atoms with Gasteiger partial charge in [-0.1, -0.05) is 6.07 Å². The molecule has 1 aliphatic rings. The molecule has 0 atom stereocenters. The van der Waals surface area contributed by atoms with Gasteiger partial charge in [0, 0.05) is 38.0 Å². The van der Waals surface area contributed by atoms with Gasteiger partial charge in [-0.2, -0.15) is 5.10 Å². The lowest BCUT2D eigenvalue weighted by molar-refractivity contribution is 0.164. The van der Waals surface area contributed by atoms with E-state index in [-0.39, 0.29) is 11.1 Å². The Kier molecular flexibility index (Phi) is 5.25. The van der Waals surface area contributed by atoms with Crippen LogP contribution in [0.25, 0.3) is 0 Å². The maximum Gasteiger partial charge on any atom is 0.266 e. The Labute approximate surface area is 141 Å². The minimum absolute atomic E-state index is 0.0218. The second-order valence-corrected chi connectivity index (χ2v) is 6.51. The molecule has 0 radical (unpaired) electrons. The predicted molar refractivity (Wildman–Crippen MR) is 93.1 cm³/mol. The highest BCUT2D eigenvalue weighted by molar-refractivity contribution is 4.97. The summed E-state index contributed by atoms with van der Waals surface area (Å²) >= 11 is 0. The lowest BCUT2D eigenvalue weighted by Crippen LogP contribution is -2.39. The molecule has 6 heteroatoms. The highest BCUT2D eigenvalue weighted by Gasteiger charge is 2.20. The van der Waals surface area contributed by atoms with Gasteiger partial charge in [0.25, 0.3) is 11.1 Å². The van der Waals surface area contributed by atoms with Crippen LogP contribution in [0, 0.1) is 12.8 Å². The van der Waals surface area contributed by atoms with Crippen molar-refractivity contribution in [3.05, 3.63) is 62.9 Å². The van der Waals surface area contributed by atoms with E-state index in [1.807, 2.05) is 19.2 Å². The first-order valence-electron chi connectivity index (χ1n) is 8.54. The van der Waals surface area contributed by atoms with E-state index in [4.69, 9.17) is 0 Å². The van der Waals surface area contributed by atoms with Crippen molar-refractivity contribution in [1.82, 2.24) is 19.2 Å². The van der Waals surface area contributed by atoms with E-state index in [0.717, 1.165) is 44.7 Å². The molecule has 0 unspecified atom stereocenters. The summed E-state index contributed by atoms with van der Waals surface area (Å²) < 4.78 is 3.35. The van der Waals surface area contributed by atoms with Crippen LogP contribution in [-0.2, 0) is 13.1 Å². The van der Waals surface area contributed by atoms with Crippen LogP contribution >= 0.6 is 0 Å². The highest BCUT2D eigenvalue weighted by atomic mass is 16.1. The van der Waals surface area contributed by atoms with Gasteiger partial charge >= 0.3 is 0 Å². The van der Waals surface area contributed by atoms with Crippen LogP contribution in [0.3, 0.4) is 0 Å². The first-order valence-corrected chi connectivity index (χ1v) is 8.54. The number of nitrogens with zero attached hydrogens (tertiary/aromatic N) is 4. The first kappa shape index (κ1) is 16.6. The SMILES string of the molecule is Cc1ccc(=O)n(CC2CCN(CCn3ccccc3=O)CC2)n1. The zero-order chi connectivity index (χ0) is 16.9. The number of aromatic nitrogens is 3. The zero-order valence-electron chi connectivity index (χ0n) is 14.1. The quantitative estimate of drug-likeness (QED) is 0.825. The van der Waals surface area contributed by atoms with Gasteiger partial charge in [0.1, 0.15) is 0 Å². The minimum atomic E-state index is -0.0218. The van der Waals surface area contributed by atoms with Crippen LogP contribution in [0.15, 0.2) is 46.1 Å². The van der Waals surface area contributed by atoms with Gasteiger partial charge in [0.2, 0.25) is 0 Å². The van der Waals surface area contributed by atoms with E-state index in [1.54, 1.807) is 33.5 Å². The fourth-order valence-electron chi connectivity index (χ4n) is 3.21. The van der Waals surface area contributed by atoms with Crippen LogP contribution in [0.5, 0.6) is 0 Å². The smallest absolute Gasteiger partial charge is 0.266 e. The van der Waals surface area contributed by atoms with Crippen LogP contribution in [0.4, 0.5) is 0 Å². The average Bonchev–Trinajstić information content (AvgIpc) is 2.59. The van der Waals surface area contributed by atoms with Crippen molar-refractivity contribution in [2.45, 2.75) is 32.9 Å². The summed E-state index contributed by atoms with van der Waals surface area (Å²) in [6, 6.07) is 8.60. The fraction of sp³-hybridized carbons (Fsp3) is 0.500. The molecule has 2 aromatic heterocycles. The monoisotopic (exact) mass is 328 g/mol. The molecule has 0 aliphatic carbocycles. The number of piperidine rings is 1. The highest BCUT2D eigenvalue weighted by Crippen LogP contribution is 2.18. The van der Waals surface area contributed by atoms with Crippen molar-refractivity contribution in [2.24, 2.45) is 5.92 Å². The Morgan fingerprint density at radius 1 is 1.04 bits per heavy atom. The summed E-state index contributed by atoms with van der Waals surface area (Å²) in [5.41, 5.74) is 0.907.